The Bertz CT molecular complexity index is 1410. The van der Waals surface area contributed by atoms with Crippen LogP contribution in [0.2, 0.25) is 0 Å². The summed E-state index contributed by atoms with van der Waals surface area (Å²) in [5, 5.41) is 0.365. The number of amides is 2. The lowest BCUT2D eigenvalue weighted by molar-refractivity contribution is -0.142. The molecule has 1 saturated heterocycles. The lowest BCUT2D eigenvalue weighted by Gasteiger charge is -2.37. The molecule has 1 atom stereocenters. The predicted octanol–water partition coefficient (Wildman–Crippen LogP) is 0.836. The molecule has 2 amide bonds. The summed E-state index contributed by atoms with van der Waals surface area (Å²) in [6.45, 7) is 3.49. The van der Waals surface area contributed by atoms with Gasteiger partial charge in [-0.15, -0.1) is 0 Å². The molecule has 0 N–H and O–H groups in total. The van der Waals surface area contributed by atoms with Crippen molar-refractivity contribution in [3.8, 4) is 5.75 Å². The van der Waals surface area contributed by atoms with Crippen molar-refractivity contribution >= 4 is 28.4 Å². The van der Waals surface area contributed by atoms with E-state index in [1.165, 1.54) is 9.47 Å². The summed E-state index contributed by atoms with van der Waals surface area (Å²) in [5.41, 5.74) is -0.00976. The van der Waals surface area contributed by atoms with Crippen molar-refractivity contribution in [2.75, 3.05) is 37.7 Å². The molecule has 3 heterocycles. The van der Waals surface area contributed by atoms with Crippen LogP contribution < -0.4 is 20.9 Å². The van der Waals surface area contributed by atoms with E-state index < -0.39 is 11.8 Å². The van der Waals surface area contributed by atoms with Crippen molar-refractivity contribution in [1.29, 1.82) is 0 Å². The molecule has 2 aliphatic rings. The molecular formula is C25H26N4O6. The average Bonchev–Trinajstić information content (AvgIpc) is 2.90. The van der Waals surface area contributed by atoms with Gasteiger partial charge in [0.2, 0.25) is 5.91 Å². The molecule has 10 nitrogen and oxygen atoms in total. The van der Waals surface area contributed by atoms with Crippen LogP contribution >= 0.6 is 0 Å². The van der Waals surface area contributed by atoms with E-state index in [4.69, 9.17) is 9.47 Å². The number of nitrogens with zero attached hydrogens (tertiary/aromatic N) is 4. The molecule has 1 aromatic heterocycles. The van der Waals surface area contributed by atoms with Crippen LogP contribution in [0.1, 0.15) is 6.92 Å². The van der Waals surface area contributed by atoms with Crippen LogP contribution in [0.15, 0.2) is 58.1 Å². The summed E-state index contributed by atoms with van der Waals surface area (Å²) in [6.07, 6.45) is -0.870. The second-order valence-corrected chi connectivity index (χ2v) is 8.45. The first-order chi connectivity index (χ1) is 17.0. The van der Waals surface area contributed by atoms with Crippen molar-refractivity contribution in [3.63, 3.8) is 0 Å². The normalized spacial score (nSPS) is 17.7. The number of rotatable bonds is 4. The highest BCUT2D eigenvalue weighted by molar-refractivity contribution is 5.97. The SMILES string of the molecule is CCn1c(=O)c2ccccc2n(CC(=O)N2C[C@@H](C(=O)N3CCOCC3)Oc3ccccc32)c1=O. The van der Waals surface area contributed by atoms with E-state index in [2.05, 4.69) is 0 Å². The Morgan fingerprint density at radius 2 is 1.69 bits per heavy atom. The standard InChI is InChI=1S/C25H26N4O6/c1-2-27-23(31)17-7-3-4-8-18(17)29(25(27)33)16-22(30)28-15-21(24(32)26-11-13-34-14-12-26)35-20-10-6-5-9-19(20)28/h3-10,21H,2,11-16H2,1H3/t21-/m0/s1. The molecule has 2 aliphatic heterocycles. The second kappa shape index (κ2) is 9.38. The van der Waals surface area contributed by atoms with E-state index in [9.17, 15) is 19.2 Å². The van der Waals surface area contributed by atoms with Crippen LogP contribution in [0.3, 0.4) is 0 Å². The maximum Gasteiger partial charge on any atom is 0.331 e. The number of carbonyl (C=O) groups excluding carboxylic acids is 2. The summed E-state index contributed by atoms with van der Waals surface area (Å²) in [4.78, 5) is 55.8. The zero-order valence-corrected chi connectivity index (χ0v) is 19.4. The minimum absolute atomic E-state index is 0.0200. The van der Waals surface area contributed by atoms with Crippen LogP contribution in [0, 0.1) is 0 Å². The molecule has 0 aliphatic carbocycles. The highest BCUT2D eigenvalue weighted by Crippen LogP contribution is 2.34. The molecule has 0 spiro atoms. The van der Waals surface area contributed by atoms with Gasteiger partial charge in [-0.25, -0.2) is 4.79 Å². The topological polar surface area (TPSA) is 103 Å². The third-order valence-electron chi connectivity index (χ3n) is 6.41. The Morgan fingerprint density at radius 1 is 0.971 bits per heavy atom. The molecule has 3 aromatic rings. The number of para-hydroxylation sites is 3. The average molecular weight is 479 g/mol. The smallest absolute Gasteiger partial charge is 0.331 e. The van der Waals surface area contributed by atoms with Gasteiger partial charge in [-0.05, 0) is 31.2 Å². The molecule has 0 unspecified atom stereocenters. The van der Waals surface area contributed by atoms with Gasteiger partial charge in [0.25, 0.3) is 11.5 Å². The number of fused-ring (bicyclic) bond motifs is 2. The summed E-state index contributed by atoms with van der Waals surface area (Å²) < 4.78 is 13.8. The Hall–Kier alpha value is -3.92. The molecule has 0 radical (unpaired) electrons. The first kappa shape index (κ1) is 22.9. The zero-order chi connectivity index (χ0) is 24.5. The minimum Gasteiger partial charge on any atom is -0.476 e. The fourth-order valence-corrected chi connectivity index (χ4v) is 4.61. The van der Waals surface area contributed by atoms with Crippen molar-refractivity contribution in [1.82, 2.24) is 14.0 Å². The van der Waals surface area contributed by atoms with Crippen LogP contribution in [0.5, 0.6) is 5.75 Å². The molecule has 0 bridgehead atoms. The van der Waals surface area contributed by atoms with Crippen molar-refractivity contribution in [3.05, 3.63) is 69.4 Å². The molecule has 1 fully saturated rings. The summed E-state index contributed by atoms with van der Waals surface area (Å²) in [5.74, 6) is -0.161. The number of aromatic nitrogens is 2. The number of hydrogen-bond donors (Lipinski definition) is 0. The Kier molecular flexibility index (Phi) is 6.12. The van der Waals surface area contributed by atoms with E-state index in [-0.39, 0.29) is 37.0 Å². The van der Waals surface area contributed by atoms with Crippen molar-refractivity contribution < 1.29 is 19.1 Å². The quantitative estimate of drug-likeness (QED) is 0.551. The Morgan fingerprint density at radius 3 is 2.46 bits per heavy atom. The van der Waals surface area contributed by atoms with Crippen LogP contribution in [0.4, 0.5) is 5.69 Å². The van der Waals surface area contributed by atoms with E-state index in [1.54, 1.807) is 60.4 Å². The number of anilines is 1. The second-order valence-electron chi connectivity index (χ2n) is 8.45. The van der Waals surface area contributed by atoms with Crippen molar-refractivity contribution in [2.45, 2.75) is 26.1 Å². The molecule has 5 rings (SSSR count). The summed E-state index contributed by atoms with van der Waals surface area (Å²) in [7, 11) is 0. The van der Waals surface area contributed by atoms with Crippen molar-refractivity contribution in [2.24, 2.45) is 0 Å². The van der Waals surface area contributed by atoms with E-state index >= 15 is 0 Å². The van der Waals surface area contributed by atoms with Gasteiger partial charge in [-0.3, -0.25) is 23.5 Å². The van der Waals surface area contributed by atoms with Gasteiger partial charge in [0.15, 0.2) is 6.10 Å². The van der Waals surface area contributed by atoms with Crippen LogP contribution in [-0.2, 0) is 27.4 Å². The zero-order valence-electron chi connectivity index (χ0n) is 19.4. The summed E-state index contributed by atoms with van der Waals surface area (Å²) >= 11 is 0. The molecule has 10 heteroatoms. The number of carbonyl (C=O) groups is 2. The molecule has 2 aromatic carbocycles. The predicted molar refractivity (Wildman–Crippen MR) is 129 cm³/mol. The number of morpholine rings is 1. The summed E-state index contributed by atoms with van der Waals surface area (Å²) in [6, 6.07) is 13.8. The van der Waals surface area contributed by atoms with Gasteiger partial charge in [0.05, 0.1) is 36.3 Å². The maximum absolute atomic E-state index is 13.6. The fourth-order valence-electron chi connectivity index (χ4n) is 4.61. The fraction of sp³-hybridized carbons (Fsp3) is 0.360. The highest BCUT2D eigenvalue weighted by Gasteiger charge is 2.36. The van der Waals surface area contributed by atoms with Crippen LogP contribution in [-0.4, -0.2) is 64.8 Å². The Labute approximate surface area is 200 Å². The number of ether oxygens (including phenoxy) is 2. The lowest BCUT2D eigenvalue weighted by atomic mass is 10.1. The monoisotopic (exact) mass is 478 g/mol. The third kappa shape index (κ3) is 4.10. The van der Waals surface area contributed by atoms with Gasteiger partial charge in [0, 0.05) is 19.6 Å². The largest absolute Gasteiger partial charge is 0.476 e. The third-order valence-corrected chi connectivity index (χ3v) is 6.41. The van der Waals surface area contributed by atoms with Gasteiger partial charge in [0.1, 0.15) is 12.3 Å². The molecule has 35 heavy (non-hydrogen) atoms. The van der Waals surface area contributed by atoms with E-state index in [0.29, 0.717) is 48.6 Å². The highest BCUT2D eigenvalue weighted by atomic mass is 16.5. The molecule has 0 saturated carbocycles. The molecule has 182 valence electrons. The van der Waals surface area contributed by atoms with Gasteiger partial charge in [-0.1, -0.05) is 24.3 Å². The lowest BCUT2D eigenvalue weighted by Crippen LogP contribution is -2.54. The van der Waals surface area contributed by atoms with Crippen LogP contribution in [0.25, 0.3) is 10.9 Å². The van der Waals surface area contributed by atoms with E-state index in [1.807, 2.05) is 0 Å². The van der Waals surface area contributed by atoms with Gasteiger partial charge >= 0.3 is 5.69 Å². The van der Waals surface area contributed by atoms with Gasteiger partial charge < -0.3 is 19.3 Å². The van der Waals surface area contributed by atoms with Gasteiger partial charge in [-0.2, -0.15) is 0 Å². The first-order valence-corrected chi connectivity index (χ1v) is 11.6. The van der Waals surface area contributed by atoms with E-state index in [0.717, 1.165) is 4.57 Å². The number of benzene rings is 2. The molecular weight excluding hydrogens is 452 g/mol. The minimum atomic E-state index is -0.870. The first-order valence-electron chi connectivity index (χ1n) is 11.6. The Balaban J connectivity index is 1.50. The number of hydrogen-bond acceptors (Lipinski definition) is 6. The maximum atomic E-state index is 13.6.